The van der Waals surface area contributed by atoms with Gasteiger partial charge in [0.2, 0.25) is 5.91 Å². The molecule has 0 unspecified atom stereocenters. The highest BCUT2D eigenvalue weighted by atomic mass is 16.5. The average molecular weight is 368 g/mol. The van der Waals surface area contributed by atoms with Crippen molar-refractivity contribution in [2.75, 3.05) is 7.11 Å². The molecule has 2 fully saturated rings. The lowest BCUT2D eigenvalue weighted by Gasteiger charge is -2.55. The van der Waals surface area contributed by atoms with E-state index in [1.165, 1.54) is 37.6 Å². The fourth-order valence-electron chi connectivity index (χ4n) is 4.95. The van der Waals surface area contributed by atoms with Gasteiger partial charge in [0.1, 0.15) is 18.4 Å². The number of aryl methyl sites for hydroxylation is 1. The van der Waals surface area contributed by atoms with Crippen LogP contribution in [0.25, 0.3) is 0 Å². The van der Waals surface area contributed by atoms with Crippen LogP contribution >= 0.6 is 0 Å². The van der Waals surface area contributed by atoms with E-state index in [1.54, 1.807) is 18.1 Å². The van der Waals surface area contributed by atoms with Crippen molar-refractivity contribution in [2.24, 2.45) is 11.8 Å². The van der Waals surface area contributed by atoms with E-state index in [0.717, 1.165) is 18.7 Å². The van der Waals surface area contributed by atoms with Crippen molar-refractivity contribution in [2.45, 2.75) is 57.0 Å². The summed E-state index contributed by atoms with van der Waals surface area (Å²) in [5.74, 6) is 2.80. The number of fused-ring (bicyclic) bond motifs is 1. The molecule has 4 atom stereocenters. The summed E-state index contributed by atoms with van der Waals surface area (Å²) in [4.78, 5) is 16.5. The highest BCUT2D eigenvalue weighted by Gasteiger charge is 2.51. The maximum atomic E-state index is 12.6. The molecule has 0 saturated heterocycles. The van der Waals surface area contributed by atoms with E-state index in [4.69, 9.17) is 4.74 Å². The zero-order chi connectivity index (χ0) is 18.6. The molecule has 4 rings (SSSR count). The highest BCUT2D eigenvalue weighted by Crippen LogP contribution is 2.54. The van der Waals surface area contributed by atoms with Crippen LogP contribution in [0.4, 0.5) is 0 Å². The Labute approximate surface area is 160 Å². The first-order chi connectivity index (χ1) is 13.3. The summed E-state index contributed by atoms with van der Waals surface area (Å²) in [6, 6.07) is 8.66. The number of rotatable bonds is 7. The van der Waals surface area contributed by atoms with Crippen molar-refractivity contribution < 1.29 is 9.53 Å². The second-order valence-electron chi connectivity index (χ2n) is 7.77. The van der Waals surface area contributed by atoms with E-state index < -0.39 is 0 Å². The molecule has 0 bridgehead atoms. The molecular formula is C21H28N4O2. The number of carbonyl (C=O) groups excluding carboxylic acids is 1. The van der Waals surface area contributed by atoms with Crippen molar-refractivity contribution in [3.63, 3.8) is 0 Å². The summed E-state index contributed by atoms with van der Waals surface area (Å²) < 4.78 is 7.06. The summed E-state index contributed by atoms with van der Waals surface area (Å²) in [5, 5.41) is 7.44. The van der Waals surface area contributed by atoms with Crippen LogP contribution in [0.15, 0.2) is 36.9 Å². The van der Waals surface area contributed by atoms with Gasteiger partial charge in [-0.05, 0) is 48.8 Å². The number of hydrogen-bond donors (Lipinski definition) is 1. The SMILES string of the molecule is COc1ccc([C@H]2[C@H]3CCCC[C@@H]3[C@@H]2NC(=O)CCCn2cncn2)cc1. The van der Waals surface area contributed by atoms with Gasteiger partial charge in [0.15, 0.2) is 0 Å². The molecule has 1 aromatic carbocycles. The normalized spacial score (nSPS) is 26.7. The van der Waals surface area contributed by atoms with Crippen molar-refractivity contribution in [3.8, 4) is 5.75 Å². The fraction of sp³-hybridized carbons (Fsp3) is 0.571. The van der Waals surface area contributed by atoms with Gasteiger partial charge in [-0.1, -0.05) is 25.0 Å². The first kappa shape index (κ1) is 18.0. The molecule has 2 saturated carbocycles. The summed E-state index contributed by atoms with van der Waals surface area (Å²) >= 11 is 0. The molecule has 1 heterocycles. The Balaban J connectivity index is 1.38. The minimum atomic E-state index is 0.155. The topological polar surface area (TPSA) is 69.0 Å². The van der Waals surface area contributed by atoms with Gasteiger partial charge in [-0.2, -0.15) is 5.10 Å². The molecule has 0 aliphatic heterocycles. The van der Waals surface area contributed by atoms with Crippen molar-refractivity contribution in [1.29, 1.82) is 0 Å². The predicted octanol–water partition coefficient (Wildman–Crippen LogP) is 3.16. The van der Waals surface area contributed by atoms with Crippen LogP contribution in [0.5, 0.6) is 5.75 Å². The minimum Gasteiger partial charge on any atom is -0.497 e. The lowest BCUT2D eigenvalue weighted by Crippen LogP contribution is -2.59. The molecule has 1 aromatic heterocycles. The number of aromatic nitrogens is 3. The third kappa shape index (κ3) is 3.84. The molecule has 2 aromatic rings. The van der Waals surface area contributed by atoms with E-state index in [2.05, 4.69) is 27.5 Å². The molecule has 144 valence electrons. The van der Waals surface area contributed by atoms with E-state index in [0.29, 0.717) is 24.2 Å². The van der Waals surface area contributed by atoms with E-state index >= 15 is 0 Å². The lowest BCUT2D eigenvalue weighted by molar-refractivity contribution is -0.125. The first-order valence-electron chi connectivity index (χ1n) is 10.0. The number of nitrogens with one attached hydrogen (secondary N) is 1. The third-order valence-electron chi connectivity index (χ3n) is 6.27. The number of carbonyl (C=O) groups is 1. The Morgan fingerprint density at radius 3 is 2.70 bits per heavy atom. The molecule has 2 aliphatic carbocycles. The largest absolute Gasteiger partial charge is 0.497 e. The van der Waals surface area contributed by atoms with Crippen LogP contribution in [0.3, 0.4) is 0 Å². The van der Waals surface area contributed by atoms with Gasteiger partial charge in [0, 0.05) is 24.9 Å². The van der Waals surface area contributed by atoms with Gasteiger partial charge >= 0.3 is 0 Å². The van der Waals surface area contributed by atoms with Crippen LogP contribution in [0, 0.1) is 11.8 Å². The zero-order valence-electron chi connectivity index (χ0n) is 15.9. The average Bonchev–Trinajstić information content (AvgIpc) is 3.20. The van der Waals surface area contributed by atoms with Crippen LogP contribution in [0.1, 0.15) is 50.0 Å². The molecule has 0 radical (unpaired) electrons. The first-order valence-corrected chi connectivity index (χ1v) is 10.0. The summed E-state index contributed by atoms with van der Waals surface area (Å²) in [6.07, 6.45) is 9.64. The second-order valence-corrected chi connectivity index (χ2v) is 7.77. The molecule has 6 heteroatoms. The molecule has 2 aliphatic rings. The van der Waals surface area contributed by atoms with Crippen LogP contribution in [-0.2, 0) is 11.3 Å². The van der Waals surface area contributed by atoms with Gasteiger partial charge in [-0.3, -0.25) is 9.48 Å². The third-order valence-corrected chi connectivity index (χ3v) is 6.27. The van der Waals surface area contributed by atoms with E-state index in [9.17, 15) is 4.79 Å². The maximum absolute atomic E-state index is 12.6. The standard InChI is InChI=1S/C21H28N4O2/c1-27-16-10-8-15(9-11-16)20-17-5-2-3-6-18(17)21(20)24-19(26)7-4-12-25-14-22-13-23-25/h8-11,13-14,17-18,20-21H,2-7,12H2,1H3,(H,24,26)/t17-,18-,20-,21-/m0/s1. The Kier molecular flexibility index (Phi) is 5.41. The number of methoxy groups -OCH3 is 1. The van der Waals surface area contributed by atoms with Crippen molar-refractivity contribution >= 4 is 5.91 Å². The Hall–Kier alpha value is -2.37. The Morgan fingerprint density at radius 2 is 2.00 bits per heavy atom. The van der Waals surface area contributed by atoms with Gasteiger partial charge in [-0.15, -0.1) is 0 Å². The maximum Gasteiger partial charge on any atom is 0.220 e. The minimum absolute atomic E-state index is 0.155. The van der Waals surface area contributed by atoms with Crippen molar-refractivity contribution in [1.82, 2.24) is 20.1 Å². The quantitative estimate of drug-likeness (QED) is 0.815. The summed E-state index contributed by atoms with van der Waals surface area (Å²) in [5.41, 5.74) is 1.33. The molecule has 1 N–H and O–H groups in total. The molecule has 1 amide bonds. The predicted molar refractivity (Wildman–Crippen MR) is 102 cm³/mol. The molecule has 6 nitrogen and oxygen atoms in total. The highest BCUT2D eigenvalue weighted by molar-refractivity contribution is 5.76. The monoisotopic (exact) mass is 368 g/mol. The summed E-state index contributed by atoms with van der Waals surface area (Å²) in [7, 11) is 1.69. The van der Waals surface area contributed by atoms with Gasteiger partial charge in [0.05, 0.1) is 7.11 Å². The van der Waals surface area contributed by atoms with Gasteiger partial charge < -0.3 is 10.1 Å². The lowest BCUT2D eigenvalue weighted by atomic mass is 9.53. The van der Waals surface area contributed by atoms with E-state index in [1.807, 2.05) is 12.1 Å². The molecule has 27 heavy (non-hydrogen) atoms. The number of benzene rings is 1. The van der Waals surface area contributed by atoms with E-state index in [-0.39, 0.29) is 11.9 Å². The van der Waals surface area contributed by atoms with Crippen LogP contribution in [-0.4, -0.2) is 33.8 Å². The number of nitrogens with zero attached hydrogens (tertiary/aromatic N) is 3. The number of hydrogen-bond acceptors (Lipinski definition) is 4. The number of amides is 1. The Morgan fingerprint density at radius 1 is 1.22 bits per heavy atom. The molecule has 0 spiro atoms. The smallest absolute Gasteiger partial charge is 0.220 e. The Bertz CT molecular complexity index is 744. The van der Waals surface area contributed by atoms with Gasteiger partial charge in [0.25, 0.3) is 0 Å². The van der Waals surface area contributed by atoms with Crippen LogP contribution in [0.2, 0.25) is 0 Å². The second kappa shape index (κ2) is 8.11. The zero-order valence-corrected chi connectivity index (χ0v) is 15.9. The van der Waals surface area contributed by atoms with Crippen molar-refractivity contribution in [3.05, 3.63) is 42.5 Å². The van der Waals surface area contributed by atoms with Crippen LogP contribution < -0.4 is 10.1 Å². The number of ether oxygens (including phenoxy) is 1. The molecular weight excluding hydrogens is 340 g/mol. The fourth-order valence-corrected chi connectivity index (χ4v) is 4.95. The van der Waals surface area contributed by atoms with Gasteiger partial charge in [-0.25, -0.2) is 4.98 Å². The summed E-state index contributed by atoms with van der Waals surface area (Å²) in [6.45, 7) is 0.728.